The van der Waals surface area contributed by atoms with Crippen LogP contribution in [-0.4, -0.2) is 58.1 Å². The summed E-state index contributed by atoms with van der Waals surface area (Å²) >= 11 is 0. The van der Waals surface area contributed by atoms with E-state index in [2.05, 4.69) is 20.5 Å². The lowest BCUT2D eigenvalue weighted by Crippen LogP contribution is -2.46. The standard InChI is InChI=1S/C30H25F3N6O3/c31-30(32,33)24-13-12-22(27(34-24)39-19-10-11-20(39)16-41-15-19)28-37-38-29(42-28)36-26-23(40)14-18-8-4-5-9-21(18)25(35-26)17-6-2-1-3-7-17/h1-9,12-13,19-20,26H,10-11,14-16H2,(H,36,38)/t19?,20?,26-/m1/s1. The van der Waals surface area contributed by atoms with E-state index in [9.17, 15) is 18.0 Å². The Hall–Kier alpha value is -4.58. The van der Waals surface area contributed by atoms with E-state index in [1.54, 1.807) is 0 Å². The Morgan fingerprint density at radius 1 is 0.881 bits per heavy atom. The van der Waals surface area contributed by atoms with Crippen molar-refractivity contribution >= 4 is 23.3 Å². The Morgan fingerprint density at radius 3 is 2.38 bits per heavy atom. The highest BCUT2D eigenvalue weighted by atomic mass is 19.4. The summed E-state index contributed by atoms with van der Waals surface area (Å²) in [5.74, 6) is -0.0904. The number of hydrogen-bond acceptors (Lipinski definition) is 9. The van der Waals surface area contributed by atoms with Gasteiger partial charge in [-0.1, -0.05) is 59.7 Å². The SMILES string of the molecule is O=C1Cc2ccccc2C(c2ccccc2)=N[C@@H]1Nc1nnc(-c2ccc(C(F)(F)F)nc2N2C3CCC2COC3)o1. The van der Waals surface area contributed by atoms with Crippen molar-refractivity contribution in [2.75, 3.05) is 23.4 Å². The van der Waals surface area contributed by atoms with E-state index in [1.165, 1.54) is 6.07 Å². The first-order valence-corrected chi connectivity index (χ1v) is 13.6. The number of nitrogens with one attached hydrogen (secondary N) is 1. The fourth-order valence-electron chi connectivity index (χ4n) is 5.85. The number of nitrogens with zero attached hydrogens (tertiary/aromatic N) is 5. The van der Waals surface area contributed by atoms with Crippen molar-refractivity contribution in [2.45, 2.75) is 43.7 Å². The van der Waals surface area contributed by atoms with Crippen molar-refractivity contribution in [2.24, 2.45) is 4.99 Å². The molecule has 2 unspecified atom stereocenters. The Bertz CT molecular complexity index is 1660. The van der Waals surface area contributed by atoms with Crippen LogP contribution in [0.5, 0.6) is 0 Å². The van der Waals surface area contributed by atoms with Crippen LogP contribution in [0.3, 0.4) is 0 Å². The number of carbonyl (C=O) groups excluding carboxylic acids is 1. The van der Waals surface area contributed by atoms with E-state index < -0.39 is 18.0 Å². The Kier molecular flexibility index (Phi) is 6.49. The second-order valence-electron chi connectivity index (χ2n) is 10.5. The number of ketones is 1. The molecule has 4 aromatic rings. The van der Waals surface area contributed by atoms with Gasteiger partial charge in [0.2, 0.25) is 0 Å². The van der Waals surface area contributed by atoms with Crippen molar-refractivity contribution in [1.29, 1.82) is 0 Å². The first-order chi connectivity index (χ1) is 20.3. The smallest absolute Gasteiger partial charge is 0.403 e. The molecule has 2 fully saturated rings. The number of aliphatic imine (C=N–C) groups is 1. The lowest BCUT2D eigenvalue weighted by Gasteiger charge is -2.36. The van der Waals surface area contributed by atoms with Gasteiger partial charge < -0.3 is 19.4 Å². The molecule has 0 radical (unpaired) electrons. The first kappa shape index (κ1) is 26.3. The van der Waals surface area contributed by atoms with E-state index in [1.807, 2.05) is 59.5 Å². The molecule has 0 amide bonds. The van der Waals surface area contributed by atoms with E-state index in [0.29, 0.717) is 18.9 Å². The Labute approximate surface area is 238 Å². The van der Waals surface area contributed by atoms with Crippen LogP contribution in [-0.2, 0) is 22.1 Å². The van der Waals surface area contributed by atoms with Crippen molar-refractivity contribution < 1.29 is 27.1 Å². The third kappa shape index (κ3) is 4.81. The molecule has 3 aliphatic heterocycles. The zero-order valence-corrected chi connectivity index (χ0v) is 22.2. The highest BCUT2D eigenvalue weighted by molar-refractivity contribution is 6.16. The van der Waals surface area contributed by atoms with Gasteiger partial charge in [0.15, 0.2) is 11.9 Å². The summed E-state index contributed by atoms with van der Waals surface area (Å²) < 4.78 is 52.5. The van der Waals surface area contributed by atoms with E-state index >= 15 is 0 Å². The number of alkyl halides is 3. The predicted octanol–water partition coefficient (Wildman–Crippen LogP) is 4.92. The summed E-state index contributed by atoms with van der Waals surface area (Å²) in [7, 11) is 0. The van der Waals surface area contributed by atoms with Gasteiger partial charge in [0.25, 0.3) is 5.89 Å². The molecule has 2 aromatic heterocycles. The molecule has 3 atom stereocenters. The summed E-state index contributed by atoms with van der Waals surface area (Å²) in [4.78, 5) is 24.0. The number of morpholine rings is 1. The number of ether oxygens (including phenoxy) is 1. The van der Waals surface area contributed by atoms with Gasteiger partial charge in [0.1, 0.15) is 11.5 Å². The predicted molar refractivity (Wildman–Crippen MR) is 147 cm³/mol. The molecule has 7 rings (SSSR count). The number of rotatable bonds is 5. The second kappa shape index (κ2) is 10.4. The van der Waals surface area contributed by atoms with Gasteiger partial charge in [0, 0.05) is 17.5 Å². The van der Waals surface area contributed by atoms with Crippen LogP contribution in [0.25, 0.3) is 11.5 Å². The van der Waals surface area contributed by atoms with E-state index in [4.69, 9.17) is 14.1 Å². The molecule has 9 nitrogen and oxygen atoms in total. The lowest BCUT2D eigenvalue weighted by atomic mass is 9.96. The van der Waals surface area contributed by atoms with Gasteiger partial charge in [-0.3, -0.25) is 9.79 Å². The molecule has 214 valence electrons. The molecular weight excluding hydrogens is 549 g/mol. The van der Waals surface area contributed by atoms with Crippen LogP contribution in [0.1, 0.15) is 35.2 Å². The lowest BCUT2D eigenvalue weighted by molar-refractivity contribution is -0.141. The summed E-state index contributed by atoms with van der Waals surface area (Å²) in [5.41, 5.74) is 2.46. The maximum atomic E-state index is 13.7. The largest absolute Gasteiger partial charge is 0.433 e. The number of hydrogen-bond donors (Lipinski definition) is 1. The van der Waals surface area contributed by atoms with Crippen molar-refractivity contribution in [3.8, 4) is 11.5 Å². The first-order valence-electron chi connectivity index (χ1n) is 13.6. The van der Waals surface area contributed by atoms with Crippen molar-refractivity contribution in [1.82, 2.24) is 15.2 Å². The topological polar surface area (TPSA) is 106 Å². The summed E-state index contributed by atoms with van der Waals surface area (Å²) in [6, 6.07) is 19.1. The number of halogens is 3. The van der Waals surface area contributed by atoms with Crippen LogP contribution < -0.4 is 10.2 Å². The number of Topliss-reactive ketones (excluding diaryl/α,β-unsaturated/α-hetero) is 1. The molecule has 2 aromatic carbocycles. The number of anilines is 2. The summed E-state index contributed by atoms with van der Waals surface area (Å²) in [5, 5.41) is 11.1. The van der Waals surface area contributed by atoms with E-state index in [-0.39, 0.29) is 47.6 Å². The number of fused-ring (bicyclic) bond motifs is 3. The highest BCUT2D eigenvalue weighted by Crippen LogP contribution is 2.40. The number of carbonyl (C=O) groups is 1. The minimum atomic E-state index is -4.62. The normalized spacial score (nSPS) is 22.0. The molecule has 2 bridgehead atoms. The molecule has 12 heteroatoms. The van der Waals surface area contributed by atoms with Crippen LogP contribution in [0.2, 0.25) is 0 Å². The zero-order valence-electron chi connectivity index (χ0n) is 22.2. The van der Waals surface area contributed by atoms with Crippen molar-refractivity contribution in [3.63, 3.8) is 0 Å². The maximum Gasteiger partial charge on any atom is 0.433 e. The fourth-order valence-corrected chi connectivity index (χ4v) is 5.85. The Balaban J connectivity index is 1.24. The van der Waals surface area contributed by atoms with Gasteiger partial charge in [-0.25, -0.2) is 4.98 Å². The minimum absolute atomic E-state index is 0.0174. The summed E-state index contributed by atoms with van der Waals surface area (Å²) in [6.45, 7) is 0.802. The van der Waals surface area contributed by atoms with Crippen molar-refractivity contribution in [3.05, 3.63) is 89.1 Å². The summed E-state index contributed by atoms with van der Waals surface area (Å²) in [6.07, 6.45) is -3.94. The molecule has 1 N–H and O–H groups in total. The molecule has 0 spiro atoms. The Morgan fingerprint density at radius 2 is 1.62 bits per heavy atom. The van der Waals surface area contributed by atoms with Crippen LogP contribution >= 0.6 is 0 Å². The fraction of sp³-hybridized carbons (Fsp3) is 0.300. The van der Waals surface area contributed by atoms with Crippen LogP contribution in [0, 0.1) is 0 Å². The van der Waals surface area contributed by atoms with Gasteiger partial charge >= 0.3 is 12.2 Å². The molecule has 2 saturated heterocycles. The molecule has 0 saturated carbocycles. The van der Waals surface area contributed by atoms with Gasteiger partial charge in [-0.15, -0.1) is 5.10 Å². The zero-order chi connectivity index (χ0) is 28.8. The molecular formula is C30H25F3N6O3. The average molecular weight is 575 g/mol. The molecule has 5 heterocycles. The third-order valence-electron chi connectivity index (χ3n) is 7.81. The average Bonchev–Trinajstić information content (AvgIpc) is 3.51. The third-order valence-corrected chi connectivity index (χ3v) is 7.81. The molecule has 0 aliphatic carbocycles. The molecule has 42 heavy (non-hydrogen) atoms. The van der Waals surface area contributed by atoms with Gasteiger partial charge in [-0.05, 0) is 30.5 Å². The number of aromatic nitrogens is 3. The van der Waals surface area contributed by atoms with Gasteiger partial charge in [-0.2, -0.15) is 13.2 Å². The van der Waals surface area contributed by atoms with Gasteiger partial charge in [0.05, 0.1) is 36.6 Å². The minimum Gasteiger partial charge on any atom is -0.403 e. The van der Waals surface area contributed by atoms with Crippen LogP contribution in [0.4, 0.5) is 25.0 Å². The number of benzene rings is 2. The maximum absolute atomic E-state index is 13.7. The van der Waals surface area contributed by atoms with Crippen LogP contribution in [0.15, 0.2) is 76.1 Å². The van der Waals surface area contributed by atoms with E-state index in [0.717, 1.165) is 35.6 Å². The highest BCUT2D eigenvalue weighted by Gasteiger charge is 2.42. The monoisotopic (exact) mass is 574 g/mol. The number of pyridine rings is 1. The second-order valence-corrected chi connectivity index (χ2v) is 10.5. The quantitative estimate of drug-likeness (QED) is 0.358. The molecule has 3 aliphatic rings.